The normalized spacial score (nSPS) is 16.2. The van der Waals surface area contributed by atoms with Gasteiger partial charge in [0.1, 0.15) is 0 Å². The maximum atomic E-state index is 11.7. The van der Waals surface area contributed by atoms with Crippen molar-refractivity contribution in [1.29, 1.82) is 0 Å². The summed E-state index contributed by atoms with van der Waals surface area (Å²) in [6, 6.07) is 1.85. The number of carbonyl (C=O) groups is 1. The van der Waals surface area contributed by atoms with E-state index in [0.717, 1.165) is 30.6 Å². The fraction of sp³-hybridized carbons (Fsp3) is 0.300. The van der Waals surface area contributed by atoms with Gasteiger partial charge in [-0.05, 0) is 24.3 Å². The van der Waals surface area contributed by atoms with Crippen LogP contribution in [-0.2, 0) is 4.74 Å². The number of Topliss-reactive ketones (excluding diaryl/α,β-unsaturated/α-hetero) is 1. The van der Waals surface area contributed by atoms with Gasteiger partial charge in [-0.2, -0.15) is 11.3 Å². The molecule has 2 nitrogen and oxygen atoms in total. The molecule has 68 valence electrons. The van der Waals surface area contributed by atoms with Crippen LogP contribution in [0.15, 0.2) is 28.7 Å². The van der Waals surface area contributed by atoms with Crippen LogP contribution in [0.25, 0.3) is 0 Å². The Morgan fingerprint density at radius 3 is 3.08 bits per heavy atom. The highest BCUT2D eigenvalue weighted by atomic mass is 32.1. The van der Waals surface area contributed by atoms with Crippen LogP contribution in [0.2, 0.25) is 0 Å². The minimum atomic E-state index is 0.112. The van der Waals surface area contributed by atoms with E-state index in [1.807, 2.05) is 16.8 Å². The first-order valence-corrected chi connectivity index (χ1v) is 5.20. The summed E-state index contributed by atoms with van der Waals surface area (Å²) in [5.74, 6) is 0.112. The second-order valence-corrected chi connectivity index (χ2v) is 3.74. The zero-order valence-electron chi connectivity index (χ0n) is 7.16. The maximum absolute atomic E-state index is 11.7. The average Bonchev–Trinajstić information content (AvgIpc) is 2.71. The molecule has 2 rings (SSSR count). The lowest BCUT2D eigenvalue weighted by Gasteiger charge is -2.11. The lowest BCUT2D eigenvalue weighted by molar-refractivity contribution is 0.101. The van der Waals surface area contributed by atoms with Crippen LogP contribution >= 0.6 is 11.3 Å². The molecule has 13 heavy (non-hydrogen) atoms. The van der Waals surface area contributed by atoms with Crippen molar-refractivity contribution in [3.8, 4) is 0 Å². The van der Waals surface area contributed by atoms with Gasteiger partial charge in [-0.15, -0.1) is 0 Å². The first-order valence-electron chi connectivity index (χ1n) is 4.25. The molecule has 0 N–H and O–H groups in total. The van der Waals surface area contributed by atoms with Gasteiger partial charge in [-0.1, -0.05) is 0 Å². The van der Waals surface area contributed by atoms with Crippen molar-refractivity contribution >= 4 is 17.1 Å². The lowest BCUT2D eigenvalue weighted by atomic mass is 10.0. The Morgan fingerprint density at radius 1 is 1.54 bits per heavy atom. The number of thiophene rings is 1. The molecule has 1 aliphatic rings. The van der Waals surface area contributed by atoms with Gasteiger partial charge in [0.2, 0.25) is 0 Å². The minimum Gasteiger partial charge on any atom is -0.501 e. The summed E-state index contributed by atoms with van der Waals surface area (Å²) in [4.78, 5) is 11.7. The molecule has 1 aliphatic heterocycles. The van der Waals surface area contributed by atoms with E-state index >= 15 is 0 Å². The largest absolute Gasteiger partial charge is 0.501 e. The van der Waals surface area contributed by atoms with E-state index in [1.165, 1.54) is 0 Å². The van der Waals surface area contributed by atoms with Crippen LogP contribution < -0.4 is 0 Å². The maximum Gasteiger partial charge on any atom is 0.192 e. The highest BCUT2D eigenvalue weighted by Crippen LogP contribution is 2.18. The van der Waals surface area contributed by atoms with Gasteiger partial charge in [0, 0.05) is 16.5 Å². The second kappa shape index (κ2) is 3.75. The molecule has 1 aromatic heterocycles. The van der Waals surface area contributed by atoms with Crippen LogP contribution in [0.1, 0.15) is 23.2 Å². The van der Waals surface area contributed by atoms with Crippen molar-refractivity contribution in [3.63, 3.8) is 0 Å². The second-order valence-electron chi connectivity index (χ2n) is 2.96. The molecule has 2 heterocycles. The third-order valence-corrected chi connectivity index (χ3v) is 2.69. The topological polar surface area (TPSA) is 26.3 Å². The fourth-order valence-corrected chi connectivity index (χ4v) is 1.95. The molecular formula is C10H10O2S. The van der Waals surface area contributed by atoms with Crippen molar-refractivity contribution in [2.45, 2.75) is 12.8 Å². The molecule has 3 heteroatoms. The van der Waals surface area contributed by atoms with Crippen LogP contribution in [0.3, 0.4) is 0 Å². The van der Waals surface area contributed by atoms with Crippen molar-refractivity contribution in [1.82, 2.24) is 0 Å². The molecule has 0 unspecified atom stereocenters. The summed E-state index contributed by atoms with van der Waals surface area (Å²) in [6.45, 7) is 0.737. The Balaban J connectivity index is 2.17. The summed E-state index contributed by atoms with van der Waals surface area (Å²) >= 11 is 1.54. The van der Waals surface area contributed by atoms with Crippen molar-refractivity contribution in [2.75, 3.05) is 6.61 Å². The highest BCUT2D eigenvalue weighted by molar-refractivity contribution is 7.08. The van der Waals surface area contributed by atoms with Gasteiger partial charge in [0.15, 0.2) is 5.78 Å². The quantitative estimate of drug-likeness (QED) is 0.676. The third kappa shape index (κ3) is 1.80. The number of hydrogen-bond donors (Lipinski definition) is 0. The lowest BCUT2D eigenvalue weighted by Crippen LogP contribution is -2.08. The number of allylic oxidation sites excluding steroid dienone is 1. The van der Waals surface area contributed by atoms with Gasteiger partial charge in [-0.25, -0.2) is 0 Å². The number of rotatable bonds is 2. The molecule has 0 saturated heterocycles. The molecule has 0 radical (unpaired) electrons. The van der Waals surface area contributed by atoms with E-state index in [-0.39, 0.29) is 5.78 Å². The molecule has 0 spiro atoms. The van der Waals surface area contributed by atoms with Gasteiger partial charge in [0.05, 0.1) is 12.9 Å². The van der Waals surface area contributed by atoms with Crippen LogP contribution in [0.5, 0.6) is 0 Å². The smallest absolute Gasteiger partial charge is 0.192 e. The Morgan fingerprint density at radius 2 is 2.46 bits per heavy atom. The van der Waals surface area contributed by atoms with Crippen LogP contribution in [0, 0.1) is 0 Å². The number of ether oxygens (including phenoxy) is 1. The summed E-state index contributed by atoms with van der Waals surface area (Å²) in [5, 5.41) is 3.79. The molecule has 0 aromatic carbocycles. The minimum absolute atomic E-state index is 0.112. The fourth-order valence-electron chi connectivity index (χ4n) is 1.31. The van der Waals surface area contributed by atoms with E-state index in [2.05, 4.69) is 0 Å². The van der Waals surface area contributed by atoms with Gasteiger partial charge >= 0.3 is 0 Å². The standard InChI is InChI=1S/C10H10O2S/c11-10(9-3-5-13-7-9)8-2-1-4-12-6-8/h3,5-7H,1-2,4H2. The monoisotopic (exact) mass is 194 g/mol. The molecular weight excluding hydrogens is 184 g/mol. The molecule has 0 saturated carbocycles. The SMILES string of the molecule is O=C(C1=COCCC1)c1ccsc1. The number of hydrogen-bond acceptors (Lipinski definition) is 3. The third-order valence-electron chi connectivity index (χ3n) is 2.01. The first kappa shape index (κ1) is 8.51. The molecule has 0 atom stereocenters. The van der Waals surface area contributed by atoms with Gasteiger partial charge in [-0.3, -0.25) is 4.79 Å². The predicted molar refractivity (Wildman–Crippen MR) is 51.9 cm³/mol. The van der Waals surface area contributed by atoms with Gasteiger partial charge in [0.25, 0.3) is 0 Å². The van der Waals surface area contributed by atoms with E-state index in [1.54, 1.807) is 17.6 Å². The Hall–Kier alpha value is -1.09. The zero-order valence-corrected chi connectivity index (χ0v) is 7.97. The average molecular weight is 194 g/mol. The van der Waals surface area contributed by atoms with E-state index < -0.39 is 0 Å². The van der Waals surface area contributed by atoms with E-state index in [4.69, 9.17) is 4.74 Å². The molecule has 1 aromatic rings. The molecule has 0 aliphatic carbocycles. The highest BCUT2D eigenvalue weighted by Gasteiger charge is 2.15. The Kier molecular flexibility index (Phi) is 2.45. The number of ketones is 1. The van der Waals surface area contributed by atoms with Crippen LogP contribution in [0.4, 0.5) is 0 Å². The summed E-state index contributed by atoms with van der Waals surface area (Å²) < 4.78 is 5.12. The van der Waals surface area contributed by atoms with Crippen molar-refractivity contribution in [3.05, 3.63) is 34.2 Å². The van der Waals surface area contributed by atoms with Crippen LogP contribution in [-0.4, -0.2) is 12.4 Å². The first-order chi connectivity index (χ1) is 6.38. The van der Waals surface area contributed by atoms with Crippen molar-refractivity contribution in [2.24, 2.45) is 0 Å². The zero-order chi connectivity index (χ0) is 9.10. The molecule has 0 amide bonds. The summed E-state index contributed by atoms with van der Waals surface area (Å²) in [6.07, 6.45) is 3.39. The summed E-state index contributed by atoms with van der Waals surface area (Å²) in [7, 11) is 0. The van der Waals surface area contributed by atoms with Gasteiger partial charge < -0.3 is 4.74 Å². The summed E-state index contributed by atoms with van der Waals surface area (Å²) in [5.41, 5.74) is 1.58. The van der Waals surface area contributed by atoms with E-state index in [9.17, 15) is 4.79 Å². The Bertz CT molecular complexity index is 325. The van der Waals surface area contributed by atoms with Crippen molar-refractivity contribution < 1.29 is 9.53 Å². The number of carbonyl (C=O) groups excluding carboxylic acids is 1. The predicted octanol–water partition coefficient (Wildman–Crippen LogP) is 2.63. The molecule has 0 bridgehead atoms. The Labute approximate surface area is 80.8 Å². The van der Waals surface area contributed by atoms with E-state index in [0.29, 0.717) is 0 Å². The molecule has 0 fully saturated rings.